The summed E-state index contributed by atoms with van der Waals surface area (Å²) in [6.07, 6.45) is -0.111. The minimum Gasteiger partial charge on any atom is -0.481 e. The number of carboxylic acids is 1. The Labute approximate surface area is 80.9 Å². The van der Waals surface area contributed by atoms with E-state index >= 15 is 0 Å². The molecule has 0 spiro atoms. The first-order valence-corrected chi connectivity index (χ1v) is 3.45. The van der Waals surface area contributed by atoms with E-state index in [4.69, 9.17) is 14.7 Å². The summed E-state index contributed by atoms with van der Waals surface area (Å²) in [5.41, 5.74) is 0. The lowest BCUT2D eigenvalue weighted by Crippen LogP contribution is -2.00. The first kappa shape index (κ1) is 18.1. The Morgan fingerprint density at radius 1 is 1.07 bits per heavy atom. The van der Waals surface area contributed by atoms with Crippen molar-refractivity contribution in [2.75, 3.05) is 0 Å². The van der Waals surface area contributed by atoms with Gasteiger partial charge in [0, 0.05) is 0 Å². The van der Waals surface area contributed by atoms with Gasteiger partial charge in [-0.25, -0.2) is 0 Å². The van der Waals surface area contributed by atoms with Gasteiger partial charge in [-0.05, 0) is 20.8 Å². The van der Waals surface area contributed by atoms with E-state index in [0.29, 0.717) is 0 Å². The molecule has 0 radical (unpaired) electrons. The van der Waals surface area contributed by atoms with Crippen LogP contribution in [0.2, 0.25) is 0 Å². The van der Waals surface area contributed by atoms with Gasteiger partial charge in [-0.1, -0.05) is 0 Å². The summed E-state index contributed by atoms with van der Waals surface area (Å²) in [4.78, 5) is 45.2. The van der Waals surface area contributed by atoms with Crippen molar-refractivity contribution in [2.45, 2.75) is 27.2 Å². The number of hydrogen-bond donors (Lipinski definition) is 1. The quantitative estimate of drug-likeness (QED) is 0.637. The van der Waals surface area contributed by atoms with Gasteiger partial charge >= 0.3 is 12.1 Å². The maximum Gasteiger partial charge on any atom is 0.373 e. The lowest BCUT2D eigenvalue weighted by molar-refractivity contribution is -0.191. The molecule has 0 unspecified atom stereocenters. The minimum absolute atomic E-state index is 0.167. The van der Waals surface area contributed by atoms with Gasteiger partial charge in [-0.3, -0.25) is 9.59 Å². The number of Topliss-reactive ketones (excluding diaryl/α,β-unsaturated/α-hetero) is 2. The molecule has 80 valence electrons. The van der Waals surface area contributed by atoms with Crippen LogP contribution in [0.25, 0.3) is 0 Å². The Balaban J connectivity index is -0.000000147. The molecule has 0 aromatic rings. The molecule has 0 saturated carbocycles. The van der Waals surface area contributed by atoms with Crippen molar-refractivity contribution in [3.05, 3.63) is 0 Å². The molecule has 6 heteroatoms. The lowest BCUT2D eigenvalue weighted by Gasteiger charge is -1.80. The van der Waals surface area contributed by atoms with Crippen LogP contribution in [0.5, 0.6) is 0 Å². The van der Waals surface area contributed by atoms with Gasteiger partial charge in [-0.15, -0.1) is 0 Å². The van der Waals surface area contributed by atoms with E-state index < -0.39 is 5.97 Å². The fraction of sp³-hybridized carbons (Fsp3) is 0.500. The van der Waals surface area contributed by atoms with E-state index in [1.54, 1.807) is 0 Å². The molecule has 0 saturated heterocycles. The van der Waals surface area contributed by atoms with Crippen molar-refractivity contribution in [1.82, 2.24) is 0 Å². The van der Waals surface area contributed by atoms with Crippen molar-refractivity contribution in [3.63, 3.8) is 0 Å². The monoisotopic (exact) mass is 204 g/mol. The molecular weight excluding hydrogens is 192 g/mol. The largest absolute Gasteiger partial charge is 0.481 e. The van der Waals surface area contributed by atoms with E-state index in [1.165, 1.54) is 20.8 Å². The summed E-state index contributed by atoms with van der Waals surface area (Å²) in [5.74, 6) is -1.21. The maximum absolute atomic E-state index is 9.87. The Hall–Kier alpha value is -1.81. The van der Waals surface area contributed by atoms with Crippen LogP contribution < -0.4 is 0 Å². The van der Waals surface area contributed by atoms with Crippen LogP contribution >= 0.6 is 0 Å². The Morgan fingerprint density at radius 2 is 1.29 bits per heavy atom. The zero-order valence-corrected chi connectivity index (χ0v) is 8.20. The van der Waals surface area contributed by atoms with Crippen LogP contribution in [0.15, 0.2) is 0 Å². The number of aliphatic carboxylic acids is 1. The molecule has 0 aromatic carbocycles. The summed E-state index contributed by atoms with van der Waals surface area (Å²) >= 11 is 0. The average Bonchev–Trinajstić information content (AvgIpc) is 1.82. The topological polar surface area (TPSA) is 106 Å². The lowest BCUT2D eigenvalue weighted by atomic mass is 10.3. The molecule has 14 heavy (non-hydrogen) atoms. The van der Waals surface area contributed by atoms with Crippen molar-refractivity contribution in [2.24, 2.45) is 0 Å². The molecule has 0 aliphatic carbocycles. The van der Waals surface area contributed by atoms with Crippen LogP contribution in [0, 0.1) is 0 Å². The van der Waals surface area contributed by atoms with E-state index in [-0.39, 0.29) is 24.1 Å². The number of ketones is 2. The summed E-state index contributed by atoms with van der Waals surface area (Å²) in [5, 5.41) is 7.86. The fourth-order valence-corrected chi connectivity index (χ4v) is 0.213. The Morgan fingerprint density at radius 3 is 1.29 bits per heavy atom. The van der Waals surface area contributed by atoms with E-state index in [0.717, 1.165) is 0 Å². The van der Waals surface area contributed by atoms with Gasteiger partial charge in [-0.2, -0.15) is 9.59 Å². The van der Waals surface area contributed by atoms with E-state index in [9.17, 15) is 14.4 Å². The van der Waals surface area contributed by atoms with Crippen LogP contribution in [-0.4, -0.2) is 28.8 Å². The summed E-state index contributed by atoms with van der Waals surface area (Å²) in [6, 6.07) is 0. The highest BCUT2D eigenvalue weighted by molar-refractivity contribution is 5.93. The molecule has 1 N–H and O–H groups in total. The van der Waals surface area contributed by atoms with Crippen molar-refractivity contribution < 1.29 is 29.1 Å². The van der Waals surface area contributed by atoms with Gasteiger partial charge < -0.3 is 9.90 Å². The van der Waals surface area contributed by atoms with Gasteiger partial charge in [0.2, 0.25) is 0 Å². The average molecular weight is 204 g/mol. The SMILES string of the molecule is CC(=O)CC(=O)O.CC(C)=O.O=C=O. The number of carboxylic acid groups (broad SMARTS) is 1. The number of hydrogen-bond acceptors (Lipinski definition) is 5. The predicted molar refractivity (Wildman–Crippen MR) is 44.3 cm³/mol. The van der Waals surface area contributed by atoms with Gasteiger partial charge in [0.1, 0.15) is 18.0 Å². The van der Waals surface area contributed by atoms with Crippen molar-refractivity contribution >= 4 is 23.7 Å². The van der Waals surface area contributed by atoms with Gasteiger partial charge in [0.25, 0.3) is 0 Å². The third-order valence-electron chi connectivity index (χ3n) is 0.400. The summed E-state index contributed by atoms with van der Waals surface area (Å²) < 4.78 is 0. The highest BCUT2D eigenvalue weighted by Gasteiger charge is 1.98. The van der Waals surface area contributed by atoms with Crippen molar-refractivity contribution in [3.8, 4) is 0 Å². The molecule has 0 fully saturated rings. The van der Waals surface area contributed by atoms with E-state index in [2.05, 4.69) is 0 Å². The molecule has 6 nitrogen and oxygen atoms in total. The molecule has 0 bridgehead atoms. The number of carbonyl (C=O) groups is 3. The molecular formula is C8H12O6. The van der Waals surface area contributed by atoms with Gasteiger partial charge in [0.05, 0.1) is 0 Å². The normalized spacial score (nSPS) is 6.50. The summed E-state index contributed by atoms with van der Waals surface area (Å²) in [7, 11) is 0. The first-order chi connectivity index (χ1) is 6.27. The molecule has 0 aromatic heterocycles. The molecule has 0 heterocycles. The molecule has 0 atom stereocenters. The minimum atomic E-state index is -1.06. The highest BCUT2D eigenvalue weighted by atomic mass is 16.4. The second-order valence-corrected chi connectivity index (χ2v) is 2.26. The first-order valence-electron chi connectivity index (χ1n) is 3.45. The molecule has 0 amide bonds. The van der Waals surface area contributed by atoms with Crippen molar-refractivity contribution in [1.29, 1.82) is 0 Å². The predicted octanol–water partition coefficient (Wildman–Crippen LogP) is 0.0619. The number of carbonyl (C=O) groups excluding carboxylic acids is 4. The van der Waals surface area contributed by atoms with Crippen LogP contribution in [0.1, 0.15) is 27.2 Å². The second kappa shape index (κ2) is 13.8. The highest BCUT2D eigenvalue weighted by Crippen LogP contribution is 1.77. The van der Waals surface area contributed by atoms with Gasteiger partial charge in [0.15, 0.2) is 0 Å². The Bertz CT molecular complexity index is 208. The standard InChI is InChI=1S/C4H6O3.C3H6O.CO2/c1-3(5)2-4(6)7;1-3(2)4;2-1-3/h2H2,1H3,(H,6,7);1-2H3;. The third-order valence-corrected chi connectivity index (χ3v) is 0.400. The second-order valence-electron chi connectivity index (χ2n) is 2.26. The maximum atomic E-state index is 9.87. The smallest absolute Gasteiger partial charge is 0.373 e. The van der Waals surface area contributed by atoms with E-state index in [1.807, 2.05) is 0 Å². The summed E-state index contributed by atoms with van der Waals surface area (Å²) in [6.45, 7) is 4.30. The molecule has 0 rings (SSSR count). The molecule has 0 aliphatic rings. The zero-order chi connectivity index (χ0) is 12.1. The van der Waals surface area contributed by atoms with Crippen LogP contribution in [-0.2, 0) is 24.0 Å². The fourth-order valence-electron chi connectivity index (χ4n) is 0.213. The Kier molecular flexibility index (Phi) is 17.8. The van der Waals surface area contributed by atoms with Crippen LogP contribution in [0.4, 0.5) is 0 Å². The number of rotatable bonds is 2. The third kappa shape index (κ3) is 179. The molecule has 0 aliphatic heterocycles. The zero-order valence-electron chi connectivity index (χ0n) is 8.20. The van der Waals surface area contributed by atoms with Crippen LogP contribution in [0.3, 0.4) is 0 Å².